The highest BCUT2D eigenvalue weighted by molar-refractivity contribution is 6.00. The molecule has 2 aromatic carbocycles. The molecule has 0 aromatic heterocycles. The number of nitrogens with one attached hydrogen (secondary N) is 3. The molecule has 2 aromatic rings. The van der Waals surface area contributed by atoms with Crippen LogP contribution in [0.2, 0.25) is 0 Å². The van der Waals surface area contributed by atoms with Gasteiger partial charge in [0, 0.05) is 17.8 Å². The third-order valence-corrected chi connectivity index (χ3v) is 4.53. The van der Waals surface area contributed by atoms with Crippen molar-refractivity contribution in [2.45, 2.75) is 40.3 Å². The first-order valence-electron chi connectivity index (χ1n) is 9.98. The van der Waals surface area contributed by atoms with Crippen molar-refractivity contribution in [2.75, 3.05) is 11.9 Å². The molecule has 0 heterocycles. The van der Waals surface area contributed by atoms with Crippen LogP contribution in [0.1, 0.15) is 42.3 Å². The van der Waals surface area contributed by atoms with E-state index in [1.165, 1.54) is 0 Å². The summed E-state index contributed by atoms with van der Waals surface area (Å²) in [6, 6.07) is 13.6. The Morgan fingerprint density at radius 3 is 2.37 bits per heavy atom. The molecule has 3 amide bonds. The Kier molecular flexibility index (Phi) is 8.41. The monoisotopic (exact) mass is 411 g/mol. The molecule has 0 saturated carbocycles. The van der Waals surface area contributed by atoms with Gasteiger partial charge >= 0.3 is 6.09 Å². The molecule has 0 aliphatic heterocycles. The fourth-order valence-electron chi connectivity index (χ4n) is 2.80. The second-order valence-corrected chi connectivity index (χ2v) is 7.31. The molecule has 0 aliphatic carbocycles. The first kappa shape index (κ1) is 22.9. The van der Waals surface area contributed by atoms with E-state index in [1.54, 1.807) is 18.2 Å². The van der Waals surface area contributed by atoms with Crippen LogP contribution < -0.4 is 16.0 Å². The van der Waals surface area contributed by atoms with Crippen LogP contribution in [0.5, 0.6) is 0 Å². The smallest absolute Gasteiger partial charge is 0.408 e. The van der Waals surface area contributed by atoms with E-state index >= 15 is 0 Å². The number of rotatable bonds is 8. The van der Waals surface area contributed by atoms with Crippen molar-refractivity contribution in [3.8, 4) is 0 Å². The highest BCUT2D eigenvalue weighted by Crippen LogP contribution is 2.18. The molecule has 0 radical (unpaired) electrons. The molecule has 7 nitrogen and oxygen atoms in total. The normalized spacial score (nSPS) is 11.5. The number of amides is 3. The number of carbonyl (C=O) groups excluding carboxylic acids is 3. The second kappa shape index (κ2) is 11.0. The van der Waals surface area contributed by atoms with Crippen molar-refractivity contribution >= 4 is 23.6 Å². The molecular formula is C23H29N3O4. The van der Waals surface area contributed by atoms with E-state index in [4.69, 9.17) is 4.74 Å². The molecule has 160 valence electrons. The zero-order chi connectivity index (χ0) is 22.1. The van der Waals surface area contributed by atoms with Crippen molar-refractivity contribution in [1.29, 1.82) is 0 Å². The Bertz CT molecular complexity index is 881. The first-order chi connectivity index (χ1) is 14.3. The minimum Gasteiger partial charge on any atom is -0.445 e. The SMILES string of the molecule is CCNC(=O)c1ccc(C)c(NC(=O)[C@@H](NC(=O)OCc2ccccc2)C(C)C)c1. The predicted octanol–water partition coefficient (Wildman–Crippen LogP) is 3.63. The van der Waals surface area contributed by atoms with E-state index in [-0.39, 0.29) is 24.3 Å². The van der Waals surface area contributed by atoms with Gasteiger partial charge < -0.3 is 20.7 Å². The Labute approximate surface area is 177 Å². The number of aryl methyl sites for hydroxylation is 1. The third-order valence-electron chi connectivity index (χ3n) is 4.53. The number of carbonyl (C=O) groups is 3. The number of benzene rings is 2. The van der Waals surface area contributed by atoms with E-state index in [2.05, 4.69) is 16.0 Å². The maximum Gasteiger partial charge on any atom is 0.408 e. The summed E-state index contributed by atoms with van der Waals surface area (Å²) in [5.74, 6) is -0.755. The van der Waals surface area contributed by atoms with Crippen LogP contribution in [-0.4, -0.2) is 30.5 Å². The Balaban J connectivity index is 2.04. The van der Waals surface area contributed by atoms with Gasteiger partial charge in [0.2, 0.25) is 5.91 Å². The standard InChI is InChI=1S/C23H29N3O4/c1-5-24-21(27)18-12-11-16(4)19(13-18)25-22(28)20(15(2)3)26-23(29)30-14-17-9-7-6-8-10-17/h6-13,15,20H,5,14H2,1-4H3,(H,24,27)(H,25,28)(H,26,29)/t20-/m0/s1. The number of alkyl carbamates (subject to hydrolysis) is 1. The fraction of sp³-hybridized carbons (Fsp3) is 0.348. The minimum atomic E-state index is -0.791. The predicted molar refractivity (Wildman–Crippen MR) is 116 cm³/mol. The van der Waals surface area contributed by atoms with Gasteiger partial charge in [0.05, 0.1) is 0 Å². The van der Waals surface area contributed by atoms with Crippen LogP contribution in [0.4, 0.5) is 10.5 Å². The van der Waals surface area contributed by atoms with Gasteiger partial charge in [0.15, 0.2) is 0 Å². The summed E-state index contributed by atoms with van der Waals surface area (Å²) in [5.41, 5.74) is 2.64. The van der Waals surface area contributed by atoms with E-state index < -0.39 is 12.1 Å². The molecule has 0 aliphatic rings. The lowest BCUT2D eigenvalue weighted by Crippen LogP contribution is -2.47. The van der Waals surface area contributed by atoms with E-state index in [9.17, 15) is 14.4 Å². The average Bonchev–Trinajstić information content (AvgIpc) is 2.72. The molecule has 30 heavy (non-hydrogen) atoms. The molecule has 0 fully saturated rings. The van der Waals surface area contributed by atoms with Gasteiger partial charge in [-0.05, 0) is 43.0 Å². The van der Waals surface area contributed by atoms with Crippen molar-refractivity contribution in [2.24, 2.45) is 5.92 Å². The zero-order valence-electron chi connectivity index (χ0n) is 17.8. The maximum atomic E-state index is 12.8. The van der Waals surface area contributed by atoms with Crippen LogP contribution in [0.3, 0.4) is 0 Å². The molecule has 7 heteroatoms. The summed E-state index contributed by atoms with van der Waals surface area (Å²) < 4.78 is 5.23. The van der Waals surface area contributed by atoms with Crippen LogP contribution in [0.25, 0.3) is 0 Å². The topological polar surface area (TPSA) is 96.5 Å². The van der Waals surface area contributed by atoms with Crippen LogP contribution >= 0.6 is 0 Å². The lowest BCUT2D eigenvalue weighted by Gasteiger charge is -2.22. The summed E-state index contributed by atoms with van der Waals surface area (Å²) in [6.45, 7) is 7.97. The third kappa shape index (κ3) is 6.62. The largest absolute Gasteiger partial charge is 0.445 e. The lowest BCUT2D eigenvalue weighted by atomic mass is 10.0. The van der Waals surface area contributed by atoms with E-state index in [0.717, 1.165) is 11.1 Å². The van der Waals surface area contributed by atoms with Crippen molar-refractivity contribution in [3.63, 3.8) is 0 Å². The first-order valence-corrected chi connectivity index (χ1v) is 9.98. The molecular weight excluding hydrogens is 382 g/mol. The summed E-state index contributed by atoms with van der Waals surface area (Å²) in [4.78, 5) is 37.1. The van der Waals surface area contributed by atoms with Crippen LogP contribution in [0.15, 0.2) is 48.5 Å². The molecule has 1 atom stereocenters. The quantitative estimate of drug-likeness (QED) is 0.618. The van der Waals surface area contributed by atoms with E-state index in [0.29, 0.717) is 17.8 Å². The maximum absolute atomic E-state index is 12.8. The Morgan fingerprint density at radius 1 is 1.03 bits per heavy atom. The Hall–Kier alpha value is -3.35. The molecule has 0 bridgehead atoms. The number of hydrogen-bond donors (Lipinski definition) is 3. The zero-order valence-corrected chi connectivity index (χ0v) is 17.8. The van der Waals surface area contributed by atoms with E-state index in [1.807, 2.05) is 58.0 Å². The molecule has 0 unspecified atom stereocenters. The highest BCUT2D eigenvalue weighted by atomic mass is 16.5. The molecule has 0 saturated heterocycles. The molecule has 0 spiro atoms. The summed E-state index contributed by atoms with van der Waals surface area (Å²) in [5, 5.41) is 8.18. The summed E-state index contributed by atoms with van der Waals surface area (Å²) in [6.07, 6.45) is -0.666. The van der Waals surface area contributed by atoms with Gasteiger partial charge in [0.25, 0.3) is 5.91 Å². The lowest BCUT2D eigenvalue weighted by molar-refractivity contribution is -0.119. The van der Waals surface area contributed by atoms with Gasteiger partial charge in [-0.15, -0.1) is 0 Å². The van der Waals surface area contributed by atoms with Gasteiger partial charge in [-0.1, -0.05) is 50.2 Å². The van der Waals surface area contributed by atoms with Crippen molar-refractivity contribution in [3.05, 3.63) is 65.2 Å². The van der Waals surface area contributed by atoms with Gasteiger partial charge in [0.1, 0.15) is 12.6 Å². The number of hydrogen-bond acceptors (Lipinski definition) is 4. The van der Waals surface area contributed by atoms with Gasteiger partial charge in [-0.2, -0.15) is 0 Å². The molecule has 3 N–H and O–H groups in total. The average molecular weight is 412 g/mol. The molecule has 2 rings (SSSR count). The Morgan fingerprint density at radius 2 is 1.73 bits per heavy atom. The number of anilines is 1. The van der Waals surface area contributed by atoms with Crippen molar-refractivity contribution in [1.82, 2.24) is 10.6 Å². The summed E-state index contributed by atoms with van der Waals surface area (Å²) in [7, 11) is 0. The second-order valence-electron chi connectivity index (χ2n) is 7.31. The number of ether oxygens (including phenoxy) is 1. The minimum absolute atomic E-state index is 0.118. The van der Waals surface area contributed by atoms with Gasteiger partial charge in [-0.3, -0.25) is 9.59 Å². The van der Waals surface area contributed by atoms with Crippen molar-refractivity contribution < 1.29 is 19.1 Å². The fourth-order valence-corrected chi connectivity index (χ4v) is 2.80. The highest BCUT2D eigenvalue weighted by Gasteiger charge is 2.25. The van der Waals surface area contributed by atoms with Gasteiger partial charge in [-0.25, -0.2) is 4.79 Å². The van der Waals surface area contributed by atoms with Crippen LogP contribution in [0, 0.1) is 12.8 Å². The van der Waals surface area contributed by atoms with Crippen LogP contribution in [-0.2, 0) is 16.1 Å². The summed E-state index contributed by atoms with van der Waals surface area (Å²) >= 11 is 0.